The normalized spacial score (nSPS) is 14.2. The minimum absolute atomic E-state index is 0.0508. The van der Waals surface area contributed by atoms with E-state index in [9.17, 15) is 10.1 Å². The molecule has 0 heterocycles. The van der Waals surface area contributed by atoms with Gasteiger partial charge in [-0.15, -0.1) is 0 Å². The van der Waals surface area contributed by atoms with Crippen molar-refractivity contribution in [2.24, 2.45) is 5.92 Å². The number of ether oxygens (including phenoxy) is 3. The summed E-state index contributed by atoms with van der Waals surface area (Å²) in [7, 11) is 1.59. The van der Waals surface area contributed by atoms with Gasteiger partial charge in [0.1, 0.15) is 11.9 Å². The Balaban J connectivity index is 3.12. The summed E-state index contributed by atoms with van der Waals surface area (Å²) in [5, 5.41) is 9.96. The van der Waals surface area contributed by atoms with Gasteiger partial charge < -0.3 is 19.0 Å². The molecule has 0 amide bonds. The van der Waals surface area contributed by atoms with Crippen molar-refractivity contribution in [1.29, 1.82) is 5.26 Å². The first-order chi connectivity index (χ1) is 13.4. The fourth-order valence-corrected chi connectivity index (χ4v) is 3.28. The van der Waals surface area contributed by atoms with Crippen molar-refractivity contribution in [3.8, 4) is 17.6 Å². The van der Waals surface area contributed by atoms with Crippen molar-refractivity contribution >= 4 is 6.29 Å². The van der Waals surface area contributed by atoms with Crippen molar-refractivity contribution in [1.82, 2.24) is 0 Å². The van der Waals surface area contributed by atoms with Crippen molar-refractivity contribution < 1.29 is 19.0 Å². The molecule has 1 unspecified atom stereocenters. The van der Waals surface area contributed by atoms with E-state index in [-0.39, 0.29) is 11.5 Å². The number of hydrogen-bond acceptors (Lipinski definition) is 5. The van der Waals surface area contributed by atoms with Crippen molar-refractivity contribution in [2.75, 3.05) is 13.7 Å². The zero-order valence-corrected chi connectivity index (χ0v) is 19.3. The minimum atomic E-state index is -0.747. The predicted octanol–water partition coefficient (Wildman–Crippen LogP) is 5.45. The highest BCUT2D eigenvalue weighted by Gasteiger charge is 2.36. The highest BCUT2D eigenvalue weighted by atomic mass is 16.5. The van der Waals surface area contributed by atoms with E-state index in [0.717, 1.165) is 18.3 Å². The van der Waals surface area contributed by atoms with Crippen molar-refractivity contribution in [2.45, 2.75) is 84.3 Å². The van der Waals surface area contributed by atoms with Crippen LogP contribution in [-0.2, 0) is 14.9 Å². The minimum Gasteiger partial charge on any atom is -0.493 e. The fraction of sp³-hybridized carbons (Fsp3) is 0.667. The average molecular weight is 404 g/mol. The molecular formula is C24H37NO4. The van der Waals surface area contributed by atoms with Crippen molar-refractivity contribution in [3.05, 3.63) is 23.8 Å². The number of carbonyl (C=O) groups excluding carboxylic acids is 1. The topological polar surface area (TPSA) is 68.5 Å². The lowest BCUT2D eigenvalue weighted by atomic mass is 9.70. The highest BCUT2D eigenvalue weighted by Crippen LogP contribution is 2.41. The molecule has 5 nitrogen and oxygen atoms in total. The number of carbonyl (C=O) groups is 1. The van der Waals surface area contributed by atoms with Gasteiger partial charge in [-0.25, -0.2) is 0 Å². The van der Waals surface area contributed by atoms with E-state index in [4.69, 9.17) is 14.2 Å². The van der Waals surface area contributed by atoms with Gasteiger partial charge in [0.25, 0.3) is 0 Å². The molecule has 1 rings (SSSR count). The molecule has 0 aliphatic carbocycles. The van der Waals surface area contributed by atoms with E-state index in [2.05, 4.69) is 6.07 Å². The Hall–Kier alpha value is -2.06. The van der Waals surface area contributed by atoms with Gasteiger partial charge in [0.05, 0.1) is 30.8 Å². The van der Waals surface area contributed by atoms with Crippen LogP contribution in [0.25, 0.3) is 0 Å². The van der Waals surface area contributed by atoms with E-state index in [0.29, 0.717) is 30.9 Å². The number of nitriles is 1. The maximum absolute atomic E-state index is 10.9. The molecule has 0 fully saturated rings. The summed E-state index contributed by atoms with van der Waals surface area (Å²) >= 11 is 0. The number of benzene rings is 1. The summed E-state index contributed by atoms with van der Waals surface area (Å²) in [4.78, 5) is 10.9. The predicted molar refractivity (Wildman–Crippen MR) is 115 cm³/mol. The van der Waals surface area contributed by atoms with E-state index in [1.807, 2.05) is 66.7 Å². The summed E-state index contributed by atoms with van der Waals surface area (Å²) in [5.74, 6) is 1.26. The molecule has 0 saturated carbocycles. The third-order valence-electron chi connectivity index (χ3n) is 5.15. The van der Waals surface area contributed by atoms with Gasteiger partial charge >= 0.3 is 0 Å². The van der Waals surface area contributed by atoms with Crippen LogP contribution in [0.3, 0.4) is 0 Å². The van der Waals surface area contributed by atoms with Gasteiger partial charge in [0.2, 0.25) is 0 Å². The summed E-state index contributed by atoms with van der Waals surface area (Å²) in [6, 6.07) is 8.09. The molecule has 0 radical (unpaired) electrons. The SMILES string of the molecule is COc1cc(C(C#N)(CCC=O)C(C)C)ccc1OC(C)(C)CCOC(C)(C)C. The second kappa shape index (κ2) is 10.1. The number of hydrogen-bond donors (Lipinski definition) is 0. The second-order valence-electron chi connectivity index (χ2n) is 9.38. The molecular weight excluding hydrogens is 366 g/mol. The standard InChI is InChI=1S/C24H37NO4/c1-18(2)24(17-25,12-9-14-26)19-10-11-20(21(16-19)27-8)29-23(6,7)13-15-28-22(3,4)5/h10-11,14,16,18H,9,12-13,15H2,1-8H3. The van der Waals surface area contributed by atoms with Gasteiger partial charge in [-0.05, 0) is 64.7 Å². The third kappa shape index (κ3) is 7.04. The zero-order valence-electron chi connectivity index (χ0n) is 19.3. The molecule has 1 aromatic rings. The van der Waals surface area contributed by atoms with Gasteiger partial charge in [-0.3, -0.25) is 0 Å². The van der Waals surface area contributed by atoms with Crippen LogP contribution in [0.15, 0.2) is 18.2 Å². The Morgan fingerprint density at radius 2 is 1.76 bits per heavy atom. The maximum atomic E-state index is 10.9. The molecule has 0 aliphatic heterocycles. The smallest absolute Gasteiger partial charge is 0.161 e. The van der Waals surface area contributed by atoms with Crippen LogP contribution >= 0.6 is 0 Å². The lowest BCUT2D eigenvalue weighted by Crippen LogP contribution is -2.32. The quantitative estimate of drug-likeness (QED) is 0.459. The Bertz CT molecular complexity index is 713. The Kier molecular flexibility index (Phi) is 8.71. The average Bonchev–Trinajstić information content (AvgIpc) is 2.61. The Labute approximate surface area is 176 Å². The van der Waals surface area contributed by atoms with Gasteiger partial charge in [-0.1, -0.05) is 19.9 Å². The number of aldehydes is 1. The van der Waals surface area contributed by atoms with Crippen LogP contribution in [0.2, 0.25) is 0 Å². The molecule has 0 saturated heterocycles. The van der Waals surface area contributed by atoms with Crippen LogP contribution in [-0.4, -0.2) is 31.2 Å². The third-order valence-corrected chi connectivity index (χ3v) is 5.15. The largest absolute Gasteiger partial charge is 0.493 e. The zero-order chi connectivity index (χ0) is 22.3. The summed E-state index contributed by atoms with van der Waals surface area (Å²) in [5.41, 5.74) is -0.533. The Morgan fingerprint density at radius 3 is 2.24 bits per heavy atom. The van der Waals surface area contributed by atoms with Crippen LogP contribution < -0.4 is 9.47 Å². The molecule has 1 aromatic carbocycles. The van der Waals surface area contributed by atoms with Crippen LogP contribution in [0.5, 0.6) is 11.5 Å². The molecule has 0 aromatic heterocycles. The van der Waals surface area contributed by atoms with E-state index < -0.39 is 11.0 Å². The van der Waals surface area contributed by atoms with Crippen molar-refractivity contribution in [3.63, 3.8) is 0 Å². The first kappa shape index (κ1) is 25.0. The highest BCUT2D eigenvalue weighted by molar-refractivity contribution is 5.52. The number of nitrogens with zero attached hydrogens (tertiary/aromatic N) is 1. The molecule has 1 atom stereocenters. The fourth-order valence-electron chi connectivity index (χ4n) is 3.28. The molecule has 162 valence electrons. The maximum Gasteiger partial charge on any atom is 0.161 e. The summed E-state index contributed by atoms with van der Waals surface area (Å²) < 4.78 is 17.6. The van der Waals surface area contributed by atoms with Crippen LogP contribution in [0.1, 0.15) is 73.3 Å². The number of methoxy groups -OCH3 is 1. The van der Waals surface area contributed by atoms with Gasteiger partial charge in [0.15, 0.2) is 11.5 Å². The monoisotopic (exact) mass is 403 g/mol. The van der Waals surface area contributed by atoms with Crippen LogP contribution in [0.4, 0.5) is 0 Å². The van der Waals surface area contributed by atoms with Crippen LogP contribution in [0, 0.1) is 17.2 Å². The molecule has 29 heavy (non-hydrogen) atoms. The lowest BCUT2D eigenvalue weighted by molar-refractivity contribution is -0.108. The van der Waals surface area contributed by atoms with E-state index in [1.165, 1.54) is 0 Å². The Morgan fingerprint density at radius 1 is 1.10 bits per heavy atom. The first-order valence-electron chi connectivity index (χ1n) is 10.3. The molecule has 0 spiro atoms. The molecule has 0 aliphatic rings. The van der Waals surface area contributed by atoms with E-state index in [1.54, 1.807) is 7.11 Å². The van der Waals surface area contributed by atoms with E-state index >= 15 is 0 Å². The number of rotatable bonds is 11. The molecule has 0 bridgehead atoms. The van der Waals surface area contributed by atoms with Gasteiger partial charge in [0, 0.05) is 12.8 Å². The summed E-state index contributed by atoms with van der Waals surface area (Å²) in [6.45, 7) is 14.7. The second-order valence-corrected chi connectivity index (χ2v) is 9.38. The molecule has 0 N–H and O–H groups in total. The van der Waals surface area contributed by atoms with Gasteiger partial charge in [-0.2, -0.15) is 5.26 Å². The molecule has 5 heteroatoms. The summed E-state index contributed by atoms with van der Waals surface area (Å²) in [6.07, 6.45) is 2.41. The first-order valence-corrected chi connectivity index (χ1v) is 10.3. The lowest BCUT2D eigenvalue weighted by Gasteiger charge is -2.32.